The first-order valence-corrected chi connectivity index (χ1v) is 7.66. The molecule has 2 N–H and O–H groups in total. The summed E-state index contributed by atoms with van der Waals surface area (Å²) in [5, 5.41) is 8.48. The summed E-state index contributed by atoms with van der Waals surface area (Å²) in [4.78, 5) is -0.298. The topological polar surface area (TPSA) is 83.8 Å². The molecule has 0 fully saturated rings. The highest BCUT2D eigenvalue weighted by molar-refractivity contribution is 7.86. The molecule has 6 nitrogen and oxygen atoms in total. The maximum absolute atomic E-state index is 10.8. The number of ether oxygens (including phenoxy) is 1. The van der Waals surface area contributed by atoms with Crippen LogP contribution in [0.5, 0.6) is 5.75 Å². The summed E-state index contributed by atoms with van der Waals surface area (Å²) in [6.45, 7) is 3.15. The molecule has 0 saturated carbocycles. The molecule has 0 radical (unpaired) electrons. The molecule has 0 amide bonds. The minimum absolute atomic E-state index is 0.0213. The quantitative estimate of drug-likeness (QED) is 0.627. The van der Waals surface area contributed by atoms with E-state index in [0.717, 1.165) is 4.48 Å². The van der Waals surface area contributed by atoms with Crippen molar-refractivity contribution in [3.05, 3.63) is 24.3 Å². The first-order valence-electron chi connectivity index (χ1n) is 6.22. The normalized spacial score (nSPS) is 11.5. The molecular formula is C13H24NO5S+. The van der Waals surface area contributed by atoms with E-state index in [1.165, 1.54) is 24.7 Å². The van der Waals surface area contributed by atoms with E-state index >= 15 is 0 Å². The fourth-order valence-corrected chi connectivity index (χ4v) is 1.57. The Hall–Kier alpha value is -1.15. The molecule has 1 rings (SSSR count). The lowest BCUT2D eigenvalue weighted by Gasteiger charge is -2.20. The number of aliphatic hydroxyl groups is 1. The second-order valence-corrected chi connectivity index (χ2v) is 6.49. The number of hydrogen-bond donors (Lipinski definition) is 2. The Labute approximate surface area is 120 Å². The van der Waals surface area contributed by atoms with Gasteiger partial charge in [-0.05, 0) is 19.1 Å². The SMILES string of the molecule is CC[N+](C)(C)C.O=S(=O)(O)c1ccccc1OCCO. The smallest absolute Gasteiger partial charge is 0.298 e. The van der Waals surface area contributed by atoms with Crippen LogP contribution in [0.3, 0.4) is 0 Å². The van der Waals surface area contributed by atoms with Crippen LogP contribution in [0.4, 0.5) is 0 Å². The van der Waals surface area contributed by atoms with Gasteiger partial charge in [0.15, 0.2) is 0 Å². The van der Waals surface area contributed by atoms with E-state index in [9.17, 15) is 8.42 Å². The highest BCUT2D eigenvalue weighted by atomic mass is 32.2. The summed E-state index contributed by atoms with van der Waals surface area (Å²) >= 11 is 0. The number of hydrogen-bond acceptors (Lipinski definition) is 4. The molecule has 1 aromatic rings. The molecule has 0 atom stereocenters. The zero-order chi connectivity index (χ0) is 15.8. The molecule has 0 heterocycles. The lowest BCUT2D eigenvalue weighted by Crippen LogP contribution is -2.33. The average molecular weight is 306 g/mol. The largest absolute Gasteiger partial charge is 0.490 e. The maximum Gasteiger partial charge on any atom is 0.298 e. The average Bonchev–Trinajstić information content (AvgIpc) is 2.35. The van der Waals surface area contributed by atoms with Gasteiger partial charge >= 0.3 is 0 Å². The fraction of sp³-hybridized carbons (Fsp3) is 0.538. The Bertz CT molecular complexity index is 494. The maximum atomic E-state index is 10.8. The summed E-state index contributed by atoms with van der Waals surface area (Å²) < 4.78 is 36.5. The van der Waals surface area contributed by atoms with Gasteiger partial charge in [0, 0.05) is 0 Å². The molecule has 0 aliphatic carbocycles. The van der Waals surface area contributed by atoms with Crippen LogP contribution >= 0.6 is 0 Å². The van der Waals surface area contributed by atoms with Crippen LogP contribution in [0.15, 0.2) is 29.2 Å². The molecule has 0 saturated heterocycles. The van der Waals surface area contributed by atoms with Gasteiger partial charge in [-0.2, -0.15) is 8.42 Å². The highest BCUT2D eigenvalue weighted by Gasteiger charge is 2.15. The zero-order valence-corrected chi connectivity index (χ0v) is 13.2. The number of para-hydroxylation sites is 1. The van der Waals surface area contributed by atoms with E-state index in [4.69, 9.17) is 14.4 Å². The standard InChI is InChI=1S/C8H10O5S.C5H14N/c9-5-6-13-7-3-1-2-4-8(7)14(10,11)12;1-5-6(2,3)4/h1-4,9H,5-6H2,(H,10,11,12);5H2,1-4H3/q;+1. The molecule has 7 heteroatoms. The van der Waals surface area contributed by atoms with Crippen molar-refractivity contribution in [2.75, 3.05) is 40.9 Å². The van der Waals surface area contributed by atoms with E-state index < -0.39 is 10.1 Å². The van der Waals surface area contributed by atoms with Crippen molar-refractivity contribution in [2.45, 2.75) is 11.8 Å². The third kappa shape index (κ3) is 8.11. The van der Waals surface area contributed by atoms with Gasteiger partial charge in [0.25, 0.3) is 10.1 Å². The molecule has 0 bridgehead atoms. The fourth-order valence-electron chi connectivity index (χ4n) is 0.938. The number of rotatable bonds is 5. The summed E-state index contributed by atoms with van der Waals surface area (Å²) in [7, 11) is 2.27. The van der Waals surface area contributed by atoms with Crippen LogP contribution in [0.25, 0.3) is 0 Å². The molecular weight excluding hydrogens is 282 g/mol. The van der Waals surface area contributed by atoms with Crippen molar-refractivity contribution >= 4 is 10.1 Å². The number of nitrogens with zero attached hydrogens (tertiary/aromatic N) is 1. The van der Waals surface area contributed by atoms with Crippen LogP contribution in [-0.2, 0) is 10.1 Å². The van der Waals surface area contributed by atoms with E-state index in [2.05, 4.69) is 28.1 Å². The Balaban J connectivity index is 0.000000511. The Morgan fingerprint density at radius 1 is 1.20 bits per heavy atom. The summed E-state index contributed by atoms with van der Waals surface area (Å²) in [5.74, 6) is 0.0315. The minimum Gasteiger partial charge on any atom is -0.490 e. The van der Waals surface area contributed by atoms with Crippen molar-refractivity contribution in [3.8, 4) is 5.75 Å². The predicted molar refractivity (Wildman–Crippen MR) is 77.4 cm³/mol. The molecule has 0 aromatic heterocycles. The second-order valence-electron chi connectivity index (χ2n) is 5.10. The van der Waals surface area contributed by atoms with Crippen LogP contribution in [0.2, 0.25) is 0 Å². The minimum atomic E-state index is -4.27. The monoisotopic (exact) mass is 306 g/mol. The van der Waals surface area contributed by atoms with Gasteiger partial charge in [-0.1, -0.05) is 12.1 Å². The van der Waals surface area contributed by atoms with Crippen LogP contribution in [-0.4, -0.2) is 63.5 Å². The van der Waals surface area contributed by atoms with Crippen molar-refractivity contribution in [2.24, 2.45) is 0 Å². The number of aliphatic hydroxyl groups excluding tert-OH is 1. The van der Waals surface area contributed by atoms with E-state index in [0.29, 0.717) is 0 Å². The predicted octanol–water partition coefficient (Wildman–Crippen LogP) is 1.02. The Morgan fingerprint density at radius 3 is 2.10 bits per heavy atom. The highest BCUT2D eigenvalue weighted by Crippen LogP contribution is 2.22. The third-order valence-corrected chi connectivity index (χ3v) is 3.32. The summed E-state index contributed by atoms with van der Waals surface area (Å²) in [6.07, 6.45) is 0. The third-order valence-electron chi connectivity index (χ3n) is 2.42. The van der Waals surface area contributed by atoms with Gasteiger partial charge in [-0.15, -0.1) is 0 Å². The lowest BCUT2D eigenvalue weighted by molar-refractivity contribution is -0.868. The van der Waals surface area contributed by atoms with Gasteiger partial charge in [0.1, 0.15) is 17.3 Å². The van der Waals surface area contributed by atoms with Crippen molar-refractivity contribution in [3.63, 3.8) is 0 Å². The number of benzene rings is 1. The van der Waals surface area contributed by atoms with Crippen molar-refractivity contribution < 1.29 is 27.3 Å². The first-order chi connectivity index (χ1) is 9.11. The molecule has 0 aliphatic rings. The van der Waals surface area contributed by atoms with Gasteiger partial charge in [0.2, 0.25) is 0 Å². The molecule has 0 unspecified atom stereocenters. The van der Waals surface area contributed by atoms with Gasteiger partial charge in [-0.25, -0.2) is 0 Å². The Morgan fingerprint density at radius 2 is 1.70 bits per heavy atom. The van der Waals surface area contributed by atoms with E-state index in [-0.39, 0.29) is 23.9 Å². The van der Waals surface area contributed by atoms with Crippen LogP contribution in [0.1, 0.15) is 6.92 Å². The lowest BCUT2D eigenvalue weighted by atomic mass is 10.3. The molecule has 0 spiro atoms. The Kier molecular flexibility index (Phi) is 7.74. The first kappa shape index (κ1) is 18.9. The van der Waals surface area contributed by atoms with Gasteiger partial charge in [-0.3, -0.25) is 4.55 Å². The van der Waals surface area contributed by atoms with Crippen molar-refractivity contribution in [1.29, 1.82) is 0 Å². The number of quaternary nitrogens is 1. The second kappa shape index (κ2) is 8.21. The van der Waals surface area contributed by atoms with E-state index in [1.807, 2.05) is 0 Å². The zero-order valence-electron chi connectivity index (χ0n) is 12.4. The molecule has 0 aliphatic heterocycles. The summed E-state index contributed by atoms with van der Waals surface area (Å²) in [5.41, 5.74) is 0. The molecule has 116 valence electrons. The van der Waals surface area contributed by atoms with Gasteiger partial charge < -0.3 is 14.3 Å². The molecule has 1 aromatic carbocycles. The van der Waals surface area contributed by atoms with Crippen molar-refractivity contribution in [1.82, 2.24) is 0 Å². The van der Waals surface area contributed by atoms with Crippen LogP contribution in [0, 0.1) is 0 Å². The van der Waals surface area contributed by atoms with Gasteiger partial charge in [0.05, 0.1) is 34.3 Å². The summed E-state index contributed by atoms with van der Waals surface area (Å²) in [6, 6.07) is 5.66. The van der Waals surface area contributed by atoms with E-state index in [1.54, 1.807) is 6.07 Å². The molecule has 20 heavy (non-hydrogen) atoms. The van der Waals surface area contributed by atoms with Crippen LogP contribution < -0.4 is 4.74 Å².